The van der Waals surface area contributed by atoms with Crippen LogP contribution in [0.2, 0.25) is 0 Å². The zero-order valence-corrected chi connectivity index (χ0v) is 4.76. The molecule has 4 heteroatoms. The second-order valence-corrected chi connectivity index (χ2v) is 0.609. The van der Waals surface area contributed by atoms with Crippen LogP contribution in [0.3, 0.4) is 0 Å². The first-order valence-electron chi connectivity index (χ1n) is 1.14. The van der Waals surface area contributed by atoms with Gasteiger partial charge in [0.05, 0.1) is 0 Å². The Kier molecular flexibility index (Phi) is 8.01. The van der Waals surface area contributed by atoms with Gasteiger partial charge in [-0.2, -0.15) is 5.90 Å². The van der Waals surface area contributed by atoms with Gasteiger partial charge in [0.25, 0.3) is 0 Å². The second-order valence-electron chi connectivity index (χ2n) is 0.609. The molecule has 0 unspecified atom stereocenters. The van der Waals surface area contributed by atoms with Crippen molar-refractivity contribution < 1.29 is 30.1 Å². The van der Waals surface area contributed by atoms with E-state index < -0.39 is 5.97 Å². The van der Waals surface area contributed by atoms with Crippen molar-refractivity contribution in [3.8, 4) is 0 Å². The topological polar surface area (TPSA) is 52.3 Å². The summed E-state index contributed by atoms with van der Waals surface area (Å²) in [5.74, 6) is 3.85. The van der Waals surface area contributed by atoms with E-state index in [2.05, 4.69) is 10.7 Å². The van der Waals surface area contributed by atoms with Gasteiger partial charge in [-0.05, 0) is 0 Å². The number of carbonyl (C=O) groups is 1. The molecule has 0 aromatic heterocycles. The van der Waals surface area contributed by atoms with Crippen molar-refractivity contribution >= 4 is 5.97 Å². The van der Waals surface area contributed by atoms with Gasteiger partial charge >= 0.3 is 5.97 Å². The van der Waals surface area contributed by atoms with E-state index in [0.29, 0.717) is 0 Å². The molecule has 0 rings (SSSR count). The van der Waals surface area contributed by atoms with E-state index in [1.807, 2.05) is 0 Å². The van der Waals surface area contributed by atoms with Crippen LogP contribution in [0, 0.1) is 0 Å². The third-order valence-electron chi connectivity index (χ3n) is 0.166. The van der Waals surface area contributed by atoms with Gasteiger partial charge in [-0.15, -0.1) is 0 Å². The first-order valence-corrected chi connectivity index (χ1v) is 1.14. The molecular formula is C2H5NO2Pd. The molecule has 0 radical (unpaired) electrons. The van der Waals surface area contributed by atoms with Crippen molar-refractivity contribution in [2.75, 3.05) is 0 Å². The fraction of sp³-hybridized carbons (Fsp3) is 0.500. The maximum atomic E-state index is 9.47. The summed E-state index contributed by atoms with van der Waals surface area (Å²) in [4.78, 5) is 13.1. The third kappa shape index (κ3) is 8.94. The van der Waals surface area contributed by atoms with E-state index >= 15 is 0 Å². The number of carbonyl (C=O) groups excluding carboxylic acids is 1. The average Bonchev–Trinajstić information content (AvgIpc) is 1.38. The van der Waals surface area contributed by atoms with Gasteiger partial charge < -0.3 is 4.84 Å². The van der Waals surface area contributed by atoms with Gasteiger partial charge in [-0.1, -0.05) is 0 Å². The largest absolute Gasteiger partial charge is 0.374 e. The molecule has 0 heterocycles. The average molecular weight is 181 g/mol. The molecule has 0 saturated heterocycles. The van der Waals surface area contributed by atoms with Gasteiger partial charge in [0.15, 0.2) is 0 Å². The number of hydrogen-bond donors (Lipinski definition) is 1. The van der Waals surface area contributed by atoms with Crippen LogP contribution in [0.1, 0.15) is 6.92 Å². The maximum Gasteiger partial charge on any atom is 0.321 e. The predicted molar refractivity (Wildman–Crippen MR) is 16.0 cm³/mol. The Bertz CT molecular complexity index is 46.8. The Morgan fingerprint density at radius 1 is 1.83 bits per heavy atom. The minimum atomic E-state index is -0.468. The van der Waals surface area contributed by atoms with Crippen LogP contribution in [0.4, 0.5) is 0 Å². The van der Waals surface area contributed by atoms with E-state index in [9.17, 15) is 4.79 Å². The van der Waals surface area contributed by atoms with Crippen LogP contribution in [0.15, 0.2) is 0 Å². The quantitative estimate of drug-likeness (QED) is 0.402. The zero-order valence-electron chi connectivity index (χ0n) is 3.21. The molecule has 0 aliphatic carbocycles. The van der Waals surface area contributed by atoms with Crippen LogP contribution >= 0.6 is 0 Å². The van der Waals surface area contributed by atoms with E-state index in [1.54, 1.807) is 0 Å². The minimum absolute atomic E-state index is 0. The molecule has 0 aromatic carbocycles. The molecule has 0 aliphatic rings. The van der Waals surface area contributed by atoms with Crippen molar-refractivity contribution in [3.05, 3.63) is 0 Å². The first-order chi connectivity index (χ1) is 2.27. The van der Waals surface area contributed by atoms with Gasteiger partial charge in [0.2, 0.25) is 0 Å². The first kappa shape index (κ1) is 9.43. The van der Waals surface area contributed by atoms with Crippen LogP contribution in [-0.2, 0) is 30.1 Å². The van der Waals surface area contributed by atoms with Crippen LogP contribution < -0.4 is 5.90 Å². The molecule has 0 aromatic rings. The summed E-state index contributed by atoms with van der Waals surface area (Å²) in [5, 5.41) is 0. The molecule has 6 heavy (non-hydrogen) atoms. The molecular weight excluding hydrogens is 176 g/mol. The summed E-state index contributed by atoms with van der Waals surface area (Å²) in [6, 6.07) is 0. The van der Waals surface area contributed by atoms with Gasteiger partial charge in [0.1, 0.15) is 0 Å². The normalized spacial score (nSPS) is 5.67. The van der Waals surface area contributed by atoms with Crippen LogP contribution in [0.25, 0.3) is 0 Å². The minimum Gasteiger partial charge on any atom is -0.374 e. The Hall–Kier alpha value is 0.0923. The summed E-state index contributed by atoms with van der Waals surface area (Å²) in [7, 11) is 0. The summed E-state index contributed by atoms with van der Waals surface area (Å²) < 4.78 is 0. The Labute approximate surface area is 49.5 Å². The molecule has 3 nitrogen and oxygen atoms in total. The fourth-order valence-electron chi connectivity index (χ4n) is 0. The molecule has 0 saturated carbocycles. The summed E-state index contributed by atoms with van der Waals surface area (Å²) in [5.41, 5.74) is 0. The van der Waals surface area contributed by atoms with Gasteiger partial charge in [-0.3, -0.25) is 4.79 Å². The molecule has 2 N–H and O–H groups in total. The monoisotopic (exact) mass is 181 g/mol. The maximum absolute atomic E-state index is 9.47. The molecule has 0 spiro atoms. The fourth-order valence-corrected chi connectivity index (χ4v) is 0. The summed E-state index contributed by atoms with van der Waals surface area (Å²) in [6.07, 6.45) is 0. The molecule has 0 fully saturated rings. The van der Waals surface area contributed by atoms with E-state index in [1.165, 1.54) is 6.92 Å². The van der Waals surface area contributed by atoms with E-state index in [0.717, 1.165) is 0 Å². The van der Waals surface area contributed by atoms with Gasteiger partial charge in [-0.25, -0.2) is 0 Å². The van der Waals surface area contributed by atoms with Crippen LogP contribution in [-0.4, -0.2) is 5.97 Å². The number of hydrogen-bond acceptors (Lipinski definition) is 3. The van der Waals surface area contributed by atoms with Crippen molar-refractivity contribution in [2.45, 2.75) is 6.92 Å². The SMILES string of the molecule is CC(=O)ON.[Pd]. The third-order valence-corrected chi connectivity index (χ3v) is 0.166. The Morgan fingerprint density at radius 2 is 2.00 bits per heavy atom. The van der Waals surface area contributed by atoms with E-state index in [4.69, 9.17) is 0 Å². The molecule has 0 atom stereocenters. The van der Waals surface area contributed by atoms with Crippen molar-refractivity contribution in [1.82, 2.24) is 0 Å². The molecule has 0 bridgehead atoms. The zero-order chi connectivity index (χ0) is 4.28. The molecule has 40 valence electrons. The van der Waals surface area contributed by atoms with Crippen LogP contribution in [0.5, 0.6) is 0 Å². The van der Waals surface area contributed by atoms with Crippen molar-refractivity contribution in [1.29, 1.82) is 0 Å². The number of nitrogens with two attached hydrogens (primary N) is 1. The number of rotatable bonds is 0. The molecule has 0 amide bonds. The van der Waals surface area contributed by atoms with Crippen molar-refractivity contribution in [2.24, 2.45) is 5.90 Å². The van der Waals surface area contributed by atoms with Gasteiger partial charge in [0, 0.05) is 27.3 Å². The predicted octanol–water partition coefficient (Wildman–Crippen LogP) is -0.579. The summed E-state index contributed by atoms with van der Waals surface area (Å²) in [6.45, 7) is 1.24. The van der Waals surface area contributed by atoms with Crippen molar-refractivity contribution in [3.63, 3.8) is 0 Å². The van der Waals surface area contributed by atoms with E-state index in [-0.39, 0.29) is 20.4 Å². The summed E-state index contributed by atoms with van der Waals surface area (Å²) >= 11 is 0. The second kappa shape index (κ2) is 5.09. The standard InChI is InChI=1S/C2H5NO2.Pd/c1-2(4)5-3;/h3H2,1H3;. The smallest absolute Gasteiger partial charge is 0.321 e. The Morgan fingerprint density at radius 3 is 2.00 bits per heavy atom. The molecule has 0 aliphatic heterocycles. The Balaban J connectivity index is 0.